The van der Waals surface area contributed by atoms with Gasteiger partial charge in [0.05, 0.1) is 16.7 Å². The zero-order chi connectivity index (χ0) is 44.3. The van der Waals surface area contributed by atoms with Gasteiger partial charge in [0, 0.05) is 49.7 Å². The highest BCUT2D eigenvalue weighted by atomic mass is 16.3. The molecule has 13 rings (SSSR count). The summed E-state index contributed by atoms with van der Waals surface area (Å²) in [6, 6.07) is 91.8. The molecule has 0 aliphatic carbocycles. The van der Waals surface area contributed by atoms with E-state index in [-0.39, 0.29) is 0 Å². The Morgan fingerprint density at radius 2 is 0.776 bits per heavy atom. The van der Waals surface area contributed by atoms with Gasteiger partial charge in [0.2, 0.25) is 0 Å². The predicted octanol–water partition coefficient (Wildman–Crippen LogP) is 18.0. The summed E-state index contributed by atoms with van der Waals surface area (Å²) < 4.78 is 8.86. The number of nitrogens with zero attached hydrogens (tertiary/aromatic N) is 2. The van der Waals surface area contributed by atoms with Crippen molar-refractivity contribution in [3.05, 3.63) is 255 Å². The van der Waals surface area contributed by atoms with Crippen LogP contribution in [0.4, 0.5) is 17.1 Å². The fourth-order valence-corrected chi connectivity index (χ4v) is 10.2. The number of aromatic nitrogens is 1. The number of rotatable bonds is 8. The van der Waals surface area contributed by atoms with E-state index in [0.29, 0.717) is 0 Å². The number of para-hydroxylation sites is 5. The molecule has 0 saturated heterocycles. The monoisotopic (exact) mass is 854 g/mol. The molecular weight excluding hydrogens is 813 g/mol. The van der Waals surface area contributed by atoms with Gasteiger partial charge in [-0.3, -0.25) is 0 Å². The summed E-state index contributed by atoms with van der Waals surface area (Å²) in [4.78, 5) is 2.35. The van der Waals surface area contributed by atoms with Crippen molar-refractivity contribution in [3.8, 4) is 50.2 Å². The first-order valence-electron chi connectivity index (χ1n) is 22.9. The molecule has 0 fully saturated rings. The second kappa shape index (κ2) is 16.0. The molecule has 0 amide bonds. The fraction of sp³-hybridized carbons (Fsp3) is 0. The number of anilines is 3. The highest BCUT2D eigenvalue weighted by Gasteiger charge is 2.18. The molecular formula is C64H42N2O. The lowest BCUT2D eigenvalue weighted by atomic mass is 9.97. The van der Waals surface area contributed by atoms with E-state index in [0.717, 1.165) is 66.9 Å². The van der Waals surface area contributed by atoms with Gasteiger partial charge < -0.3 is 13.9 Å². The van der Waals surface area contributed by atoms with Crippen molar-refractivity contribution in [3.63, 3.8) is 0 Å². The number of fused-ring (bicyclic) bond motifs is 7. The fourth-order valence-electron chi connectivity index (χ4n) is 10.2. The molecule has 2 aromatic heterocycles. The maximum atomic E-state index is 6.45. The van der Waals surface area contributed by atoms with Crippen molar-refractivity contribution in [1.82, 2.24) is 4.57 Å². The molecule has 0 unspecified atom stereocenters. The summed E-state index contributed by atoms with van der Waals surface area (Å²) >= 11 is 0. The van der Waals surface area contributed by atoms with E-state index in [2.05, 4.69) is 252 Å². The molecule has 67 heavy (non-hydrogen) atoms. The second-order valence-electron chi connectivity index (χ2n) is 17.3. The highest BCUT2D eigenvalue weighted by molar-refractivity contribution is 6.11. The van der Waals surface area contributed by atoms with Crippen LogP contribution in [0.1, 0.15) is 0 Å². The van der Waals surface area contributed by atoms with Crippen LogP contribution in [0.5, 0.6) is 0 Å². The van der Waals surface area contributed by atoms with Gasteiger partial charge in [-0.1, -0.05) is 188 Å². The van der Waals surface area contributed by atoms with Crippen molar-refractivity contribution in [2.45, 2.75) is 0 Å². The molecule has 13 aromatic rings. The normalized spacial score (nSPS) is 11.6. The van der Waals surface area contributed by atoms with E-state index in [4.69, 9.17) is 4.42 Å². The van der Waals surface area contributed by atoms with Crippen molar-refractivity contribution in [2.75, 3.05) is 4.90 Å². The minimum absolute atomic E-state index is 0.902. The summed E-state index contributed by atoms with van der Waals surface area (Å²) in [6.45, 7) is 0. The van der Waals surface area contributed by atoms with E-state index < -0.39 is 0 Å². The predicted molar refractivity (Wildman–Crippen MR) is 282 cm³/mol. The average molecular weight is 855 g/mol. The zero-order valence-corrected chi connectivity index (χ0v) is 36.6. The molecule has 3 heteroatoms. The number of hydrogen-bond donors (Lipinski definition) is 0. The Bertz CT molecular complexity index is 3910. The summed E-state index contributed by atoms with van der Waals surface area (Å²) in [5.41, 5.74) is 17.9. The summed E-state index contributed by atoms with van der Waals surface area (Å²) in [6.07, 6.45) is 0. The summed E-state index contributed by atoms with van der Waals surface area (Å²) in [5, 5.41) is 7.26. The maximum Gasteiger partial charge on any atom is 0.143 e. The van der Waals surface area contributed by atoms with E-state index >= 15 is 0 Å². The van der Waals surface area contributed by atoms with Crippen LogP contribution in [0.25, 0.3) is 105 Å². The van der Waals surface area contributed by atoms with Gasteiger partial charge in [0.1, 0.15) is 11.2 Å². The van der Waals surface area contributed by atoms with Crippen LogP contribution in [0.2, 0.25) is 0 Å². The van der Waals surface area contributed by atoms with E-state index in [1.165, 1.54) is 54.8 Å². The minimum atomic E-state index is 0.902. The van der Waals surface area contributed by atoms with Crippen LogP contribution in [-0.4, -0.2) is 4.57 Å². The van der Waals surface area contributed by atoms with E-state index in [1.54, 1.807) is 0 Å². The first kappa shape index (κ1) is 38.5. The first-order chi connectivity index (χ1) is 33.2. The van der Waals surface area contributed by atoms with Crippen LogP contribution >= 0.6 is 0 Å². The third-order valence-corrected chi connectivity index (χ3v) is 13.4. The Kier molecular flexibility index (Phi) is 9.17. The van der Waals surface area contributed by atoms with Crippen molar-refractivity contribution < 1.29 is 4.42 Å². The van der Waals surface area contributed by atoms with Crippen molar-refractivity contribution in [1.29, 1.82) is 0 Å². The van der Waals surface area contributed by atoms with Crippen LogP contribution in [0, 0.1) is 0 Å². The molecule has 314 valence electrons. The maximum absolute atomic E-state index is 6.45. The van der Waals surface area contributed by atoms with Gasteiger partial charge in [-0.25, -0.2) is 0 Å². The Morgan fingerprint density at radius 3 is 1.49 bits per heavy atom. The van der Waals surface area contributed by atoms with Crippen LogP contribution in [-0.2, 0) is 0 Å². The van der Waals surface area contributed by atoms with Crippen LogP contribution < -0.4 is 4.90 Å². The molecule has 2 heterocycles. The summed E-state index contributed by atoms with van der Waals surface area (Å²) in [7, 11) is 0. The molecule has 0 aliphatic rings. The largest absolute Gasteiger partial charge is 0.455 e. The lowest BCUT2D eigenvalue weighted by Crippen LogP contribution is -2.09. The lowest BCUT2D eigenvalue weighted by molar-refractivity contribution is 0.670. The Labute approximate surface area is 388 Å². The van der Waals surface area contributed by atoms with Crippen molar-refractivity contribution >= 4 is 71.6 Å². The minimum Gasteiger partial charge on any atom is -0.455 e. The zero-order valence-electron chi connectivity index (χ0n) is 36.6. The Hall–Kier alpha value is -8.92. The van der Waals surface area contributed by atoms with Crippen LogP contribution in [0.3, 0.4) is 0 Å². The van der Waals surface area contributed by atoms with Crippen molar-refractivity contribution in [2.24, 2.45) is 0 Å². The number of hydrogen-bond acceptors (Lipinski definition) is 2. The van der Waals surface area contributed by atoms with Crippen LogP contribution in [0.15, 0.2) is 259 Å². The van der Waals surface area contributed by atoms with E-state index in [9.17, 15) is 0 Å². The molecule has 3 nitrogen and oxygen atoms in total. The smallest absolute Gasteiger partial charge is 0.143 e. The van der Waals surface area contributed by atoms with Gasteiger partial charge in [-0.2, -0.15) is 0 Å². The standard InChI is InChI=1S/C64H42N2O/c1-2-18-52-44(14-1)15-12-23-53(52)45-32-38-50(39-33-45)65(51-40-34-46(35-41-51)55-24-13-25-59-58-22-6-10-29-63(58)67-64(55)59)49-36-30-43(31-37-49)47-16-11-17-48(42-47)54-19-3-7-26-60(54)66-61-27-8-4-20-56(61)57-21-5-9-28-62(57)66/h1-42H. The molecule has 0 bridgehead atoms. The Morgan fingerprint density at radius 1 is 0.299 bits per heavy atom. The molecule has 0 spiro atoms. The topological polar surface area (TPSA) is 21.3 Å². The van der Waals surface area contributed by atoms with Gasteiger partial charge in [-0.15, -0.1) is 0 Å². The average Bonchev–Trinajstić information content (AvgIpc) is 3.95. The van der Waals surface area contributed by atoms with Gasteiger partial charge in [-0.05, 0) is 111 Å². The van der Waals surface area contributed by atoms with Gasteiger partial charge in [0.25, 0.3) is 0 Å². The van der Waals surface area contributed by atoms with E-state index in [1.807, 2.05) is 12.1 Å². The van der Waals surface area contributed by atoms with Gasteiger partial charge in [0.15, 0.2) is 0 Å². The third kappa shape index (κ3) is 6.59. The highest BCUT2D eigenvalue weighted by Crippen LogP contribution is 2.42. The third-order valence-electron chi connectivity index (χ3n) is 13.4. The molecule has 0 atom stereocenters. The molecule has 0 aliphatic heterocycles. The molecule has 0 N–H and O–H groups in total. The SMILES string of the molecule is c1cc(-c2ccc(N(c3ccc(-c4cccc5ccccc45)cc3)c3ccc(-c4cccc5c4oc4ccccc45)cc3)cc2)cc(-c2ccccc2-n2c3ccccc3c3ccccc32)c1. The first-order valence-corrected chi connectivity index (χ1v) is 22.9. The molecule has 11 aromatic carbocycles. The number of benzene rings is 11. The quantitative estimate of drug-likeness (QED) is 0.152. The second-order valence-corrected chi connectivity index (χ2v) is 17.3. The number of furan rings is 1. The summed E-state index contributed by atoms with van der Waals surface area (Å²) in [5.74, 6) is 0. The van der Waals surface area contributed by atoms with Gasteiger partial charge >= 0.3 is 0 Å². The Balaban J connectivity index is 0.879. The molecule has 0 radical (unpaired) electrons. The molecule has 0 saturated carbocycles. The lowest BCUT2D eigenvalue weighted by Gasteiger charge is -2.26.